The zero-order valence-electron chi connectivity index (χ0n) is 12.6. The zero-order valence-corrected chi connectivity index (χ0v) is 13.4. The minimum Gasteiger partial charge on any atom is -0.382 e. The molecule has 1 amide bonds. The van der Waals surface area contributed by atoms with E-state index in [1.165, 1.54) is 17.8 Å². The fourth-order valence-electron chi connectivity index (χ4n) is 2.60. The maximum absolute atomic E-state index is 12.2. The summed E-state index contributed by atoms with van der Waals surface area (Å²) in [5.74, 6) is 1.66. The van der Waals surface area contributed by atoms with Crippen LogP contribution in [0, 0.1) is 11.8 Å². The van der Waals surface area contributed by atoms with Crippen molar-refractivity contribution in [3.05, 3.63) is 4.88 Å². The molecule has 1 saturated carbocycles. The number of aromatic nitrogens is 1. The number of hydrogen-bond donors (Lipinski definition) is 2. The number of amides is 1. The molecule has 7 heteroatoms. The molecule has 1 aliphatic heterocycles. The Kier molecular flexibility index (Phi) is 4.03. The van der Waals surface area contributed by atoms with Crippen LogP contribution in [0.5, 0.6) is 0 Å². The highest BCUT2D eigenvalue weighted by Crippen LogP contribution is 2.37. The quantitative estimate of drug-likeness (QED) is 0.863. The average Bonchev–Trinajstić information content (AvgIpc) is 3.03. The molecule has 2 fully saturated rings. The monoisotopic (exact) mass is 309 g/mol. The van der Waals surface area contributed by atoms with Gasteiger partial charge in [0.15, 0.2) is 5.13 Å². The van der Waals surface area contributed by atoms with Gasteiger partial charge in [0, 0.05) is 32.7 Å². The second-order valence-electron chi connectivity index (χ2n) is 6.18. The topological polar surface area (TPSA) is 74.5 Å². The number of nitrogens with zero attached hydrogens (tertiary/aromatic N) is 3. The number of nitrogens with two attached hydrogens (primary N) is 1. The maximum Gasteiger partial charge on any atom is 0.265 e. The van der Waals surface area contributed by atoms with Gasteiger partial charge in [-0.15, -0.1) is 0 Å². The van der Waals surface area contributed by atoms with Crippen LogP contribution < -0.4 is 16.0 Å². The smallest absolute Gasteiger partial charge is 0.265 e. The van der Waals surface area contributed by atoms with Crippen molar-refractivity contribution >= 4 is 28.2 Å². The molecule has 21 heavy (non-hydrogen) atoms. The summed E-state index contributed by atoms with van der Waals surface area (Å²) >= 11 is 1.41. The predicted octanol–water partition coefficient (Wildman–Crippen LogP) is 0.863. The highest BCUT2D eigenvalue weighted by atomic mass is 32.1. The Labute approximate surface area is 129 Å². The maximum atomic E-state index is 12.2. The van der Waals surface area contributed by atoms with E-state index in [1.54, 1.807) is 0 Å². The third kappa shape index (κ3) is 3.29. The number of hydrogen-bond acceptors (Lipinski definition) is 6. The van der Waals surface area contributed by atoms with Gasteiger partial charge in [0.2, 0.25) is 0 Å². The first-order chi connectivity index (χ1) is 10.0. The van der Waals surface area contributed by atoms with Gasteiger partial charge in [0.05, 0.1) is 0 Å². The van der Waals surface area contributed by atoms with Gasteiger partial charge in [0.25, 0.3) is 5.91 Å². The first kappa shape index (κ1) is 14.6. The molecule has 1 aromatic rings. The third-order valence-corrected chi connectivity index (χ3v) is 5.55. The lowest BCUT2D eigenvalue weighted by molar-refractivity contribution is 0.0956. The van der Waals surface area contributed by atoms with Gasteiger partial charge in [0.1, 0.15) is 10.7 Å². The van der Waals surface area contributed by atoms with Crippen LogP contribution in [0.15, 0.2) is 0 Å². The van der Waals surface area contributed by atoms with E-state index in [0.29, 0.717) is 16.6 Å². The summed E-state index contributed by atoms with van der Waals surface area (Å²) in [6.45, 7) is 6.86. The molecule has 1 aromatic heterocycles. The molecule has 3 rings (SSSR count). The van der Waals surface area contributed by atoms with E-state index >= 15 is 0 Å². The van der Waals surface area contributed by atoms with Crippen molar-refractivity contribution in [2.45, 2.75) is 13.3 Å². The van der Waals surface area contributed by atoms with Gasteiger partial charge in [-0.25, -0.2) is 4.98 Å². The van der Waals surface area contributed by atoms with Gasteiger partial charge in [-0.3, -0.25) is 4.79 Å². The minimum atomic E-state index is -0.0792. The molecule has 6 nitrogen and oxygen atoms in total. The lowest BCUT2D eigenvalue weighted by atomic mass is 10.3. The van der Waals surface area contributed by atoms with Crippen molar-refractivity contribution in [2.24, 2.45) is 11.8 Å². The summed E-state index contributed by atoms with van der Waals surface area (Å²) in [7, 11) is 2.12. The Morgan fingerprint density at radius 1 is 1.43 bits per heavy atom. The molecule has 116 valence electrons. The Balaban J connectivity index is 1.62. The summed E-state index contributed by atoms with van der Waals surface area (Å²) in [4.78, 5) is 21.6. The Bertz CT molecular complexity index is 523. The van der Waals surface area contributed by atoms with Gasteiger partial charge in [-0.1, -0.05) is 18.3 Å². The molecule has 1 saturated heterocycles. The van der Waals surface area contributed by atoms with Gasteiger partial charge >= 0.3 is 0 Å². The van der Waals surface area contributed by atoms with Crippen LogP contribution >= 0.6 is 11.3 Å². The number of likely N-dealkylation sites (N-methyl/N-ethyl adjacent to an activating group) is 1. The Morgan fingerprint density at radius 2 is 2.10 bits per heavy atom. The fraction of sp³-hybridized carbons (Fsp3) is 0.714. The third-order valence-electron chi connectivity index (χ3n) is 4.42. The van der Waals surface area contributed by atoms with Crippen LogP contribution in [0.4, 0.5) is 10.9 Å². The normalized spacial score (nSPS) is 25.9. The van der Waals surface area contributed by atoms with Crippen molar-refractivity contribution in [1.82, 2.24) is 15.2 Å². The summed E-state index contributed by atoms with van der Waals surface area (Å²) in [5.41, 5.74) is 5.93. The summed E-state index contributed by atoms with van der Waals surface area (Å²) in [6.07, 6.45) is 1.21. The Morgan fingerprint density at radius 3 is 2.71 bits per heavy atom. The molecule has 2 heterocycles. The molecule has 3 N–H and O–H groups in total. The van der Waals surface area contributed by atoms with Gasteiger partial charge < -0.3 is 20.9 Å². The van der Waals surface area contributed by atoms with Crippen LogP contribution in [-0.4, -0.2) is 55.6 Å². The molecule has 0 bridgehead atoms. The van der Waals surface area contributed by atoms with Crippen LogP contribution in [0.1, 0.15) is 23.0 Å². The number of carbonyl (C=O) groups excluding carboxylic acids is 1. The molecule has 2 atom stereocenters. The van der Waals surface area contributed by atoms with Crippen LogP contribution in [0.3, 0.4) is 0 Å². The number of piperazine rings is 1. The number of anilines is 2. The van der Waals surface area contributed by atoms with Crippen LogP contribution in [0.25, 0.3) is 0 Å². The molecule has 2 aliphatic rings. The zero-order chi connectivity index (χ0) is 15.0. The largest absolute Gasteiger partial charge is 0.382 e. The number of thiazole rings is 1. The van der Waals surface area contributed by atoms with Gasteiger partial charge in [-0.05, 0) is 25.3 Å². The summed E-state index contributed by atoms with van der Waals surface area (Å²) < 4.78 is 0. The van der Waals surface area contributed by atoms with Crippen molar-refractivity contribution in [3.8, 4) is 0 Å². The lowest BCUT2D eigenvalue weighted by Gasteiger charge is -2.31. The Hall–Kier alpha value is -1.34. The van der Waals surface area contributed by atoms with E-state index in [-0.39, 0.29) is 5.91 Å². The summed E-state index contributed by atoms with van der Waals surface area (Å²) in [6, 6.07) is 0. The van der Waals surface area contributed by atoms with E-state index in [2.05, 4.69) is 34.1 Å². The first-order valence-electron chi connectivity index (χ1n) is 7.52. The van der Waals surface area contributed by atoms with E-state index in [9.17, 15) is 4.79 Å². The molecule has 0 aromatic carbocycles. The van der Waals surface area contributed by atoms with E-state index in [1.807, 2.05) is 0 Å². The van der Waals surface area contributed by atoms with Crippen molar-refractivity contribution in [1.29, 1.82) is 0 Å². The highest BCUT2D eigenvalue weighted by Gasteiger charge is 2.33. The molecule has 0 radical (unpaired) electrons. The van der Waals surface area contributed by atoms with Crippen molar-refractivity contribution in [3.63, 3.8) is 0 Å². The highest BCUT2D eigenvalue weighted by molar-refractivity contribution is 7.18. The molecule has 2 unspecified atom stereocenters. The lowest BCUT2D eigenvalue weighted by Crippen LogP contribution is -2.44. The van der Waals surface area contributed by atoms with E-state index < -0.39 is 0 Å². The number of carbonyl (C=O) groups is 1. The van der Waals surface area contributed by atoms with Crippen LogP contribution in [0.2, 0.25) is 0 Å². The van der Waals surface area contributed by atoms with Crippen molar-refractivity contribution < 1.29 is 4.79 Å². The first-order valence-corrected chi connectivity index (χ1v) is 8.34. The van der Waals surface area contributed by atoms with Crippen molar-refractivity contribution in [2.75, 3.05) is 50.4 Å². The molecular weight excluding hydrogens is 286 g/mol. The molecular formula is C14H23N5OS. The summed E-state index contributed by atoms with van der Waals surface area (Å²) in [5, 5.41) is 3.85. The standard InChI is InChI=1S/C14H23N5OS/c1-9-7-10(9)8-16-13(20)11-12(15)17-14(21-11)19-5-3-18(2)4-6-19/h9-10H,3-8,15H2,1-2H3,(H,16,20). The van der Waals surface area contributed by atoms with E-state index in [4.69, 9.17) is 5.73 Å². The average molecular weight is 309 g/mol. The minimum absolute atomic E-state index is 0.0792. The van der Waals surface area contributed by atoms with E-state index in [0.717, 1.165) is 43.8 Å². The van der Waals surface area contributed by atoms with Gasteiger partial charge in [-0.2, -0.15) is 0 Å². The number of nitrogens with one attached hydrogen (secondary N) is 1. The SMILES string of the molecule is CC1CC1CNC(=O)c1sc(N2CCN(C)CC2)nc1N. The fourth-order valence-corrected chi connectivity index (χ4v) is 3.56. The number of nitrogen functional groups attached to an aromatic ring is 1. The second kappa shape index (κ2) is 5.81. The number of rotatable bonds is 4. The molecule has 0 spiro atoms. The predicted molar refractivity (Wildman–Crippen MR) is 85.8 cm³/mol. The van der Waals surface area contributed by atoms with Crippen LogP contribution in [-0.2, 0) is 0 Å². The molecule has 1 aliphatic carbocycles. The second-order valence-corrected chi connectivity index (χ2v) is 7.16.